The Morgan fingerprint density at radius 2 is 2.13 bits per heavy atom. The first kappa shape index (κ1) is 10.5. The van der Waals surface area contributed by atoms with Gasteiger partial charge in [0.05, 0.1) is 0 Å². The smallest absolute Gasteiger partial charge is 0.0497 e. The van der Waals surface area contributed by atoms with Gasteiger partial charge in [0.15, 0.2) is 0 Å². The molecule has 1 heterocycles. The molecule has 0 fully saturated rings. The van der Waals surface area contributed by atoms with Gasteiger partial charge in [0, 0.05) is 35.1 Å². The molecule has 15 heavy (non-hydrogen) atoms. The van der Waals surface area contributed by atoms with E-state index < -0.39 is 0 Å². The number of nitrogens with zero attached hydrogens (tertiary/aromatic N) is 1. The Kier molecular flexibility index (Phi) is 2.72. The summed E-state index contributed by atoms with van der Waals surface area (Å²) in [5.41, 5.74) is 9.41. The summed E-state index contributed by atoms with van der Waals surface area (Å²) in [6.07, 6.45) is 0.911. The van der Waals surface area contributed by atoms with Crippen molar-refractivity contribution in [1.29, 1.82) is 0 Å². The summed E-state index contributed by atoms with van der Waals surface area (Å²) in [6, 6.07) is 6.01. The first-order chi connectivity index (χ1) is 7.15. The molecule has 2 aromatic rings. The Labute approximate surface area is 94.6 Å². The Morgan fingerprint density at radius 3 is 2.80 bits per heavy atom. The van der Waals surface area contributed by atoms with E-state index in [9.17, 15) is 0 Å². The third-order valence-corrected chi connectivity index (χ3v) is 3.18. The number of hydrogen-bond acceptors (Lipinski definition) is 1. The van der Waals surface area contributed by atoms with Gasteiger partial charge < -0.3 is 10.3 Å². The van der Waals surface area contributed by atoms with Crippen molar-refractivity contribution in [2.24, 2.45) is 12.8 Å². The second-order valence-electron chi connectivity index (χ2n) is 3.83. The van der Waals surface area contributed by atoms with Crippen molar-refractivity contribution >= 4 is 22.5 Å². The summed E-state index contributed by atoms with van der Waals surface area (Å²) in [5, 5.41) is 2.05. The van der Waals surface area contributed by atoms with Gasteiger partial charge in [-0.2, -0.15) is 0 Å². The van der Waals surface area contributed by atoms with Gasteiger partial charge in [-0.1, -0.05) is 17.7 Å². The fourth-order valence-electron chi connectivity index (χ4n) is 2.14. The van der Waals surface area contributed by atoms with E-state index >= 15 is 0 Å². The molecule has 2 rings (SSSR count). The molecule has 2 N–H and O–H groups in total. The molecule has 0 aliphatic carbocycles. The van der Waals surface area contributed by atoms with Crippen molar-refractivity contribution in [3.8, 4) is 0 Å². The molecular weight excluding hydrogens is 208 g/mol. The fourth-order valence-corrected chi connectivity index (χ4v) is 2.31. The molecule has 0 unspecified atom stereocenters. The van der Waals surface area contributed by atoms with Gasteiger partial charge in [0.2, 0.25) is 0 Å². The highest BCUT2D eigenvalue weighted by atomic mass is 35.5. The summed E-state index contributed by atoms with van der Waals surface area (Å²) in [6.45, 7) is 2.82. The zero-order valence-electron chi connectivity index (χ0n) is 9.05. The Hall–Kier alpha value is -0.990. The molecule has 0 radical (unpaired) electrons. The topological polar surface area (TPSA) is 30.9 Å². The second-order valence-corrected chi connectivity index (χ2v) is 4.27. The van der Waals surface area contributed by atoms with Crippen LogP contribution >= 0.6 is 11.6 Å². The molecule has 2 nitrogen and oxygen atoms in total. The molecule has 0 atom stereocenters. The Morgan fingerprint density at radius 1 is 1.40 bits per heavy atom. The largest absolute Gasteiger partial charge is 0.347 e. The number of rotatable bonds is 2. The average molecular weight is 223 g/mol. The molecule has 3 heteroatoms. The minimum atomic E-state index is 0.679. The second kappa shape index (κ2) is 3.87. The maximum atomic E-state index is 5.99. The Bertz CT molecular complexity index is 500. The first-order valence-corrected chi connectivity index (χ1v) is 5.46. The van der Waals surface area contributed by atoms with Crippen LogP contribution in [0.2, 0.25) is 5.02 Å². The maximum absolute atomic E-state index is 5.99. The van der Waals surface area contributed by atoms with E-state index in [0.29, 0.717) is 6.54 Å². The highest BCUT2D eigenvalue weighted by Crippen LogP contribution is 2.27. The molecule has 0 saturated heterocycles. The third kappa shape index (κ3) is 1.64. The fraction of sp³-hybridized carbons (Fsp3) is 0.333. The minimum Gasteiger partial charge on any atom is -0.347 e. The number of nitrogens with two attached hydrogens (primary N) is 1. The number of hydrogen-bond donors (Lipinski definition) is 1. The van der Waals surface area contributed by atoms with Crippen molar-refractivity contribution in [1.82, 2.24) is 4.57 Å². The standard InChI is InChI=1S/C12H15ClN2/c1-8-10-4-3-9(13)7-12(10)15(2)11(8)5-6-14/h3-4,7H,5-6,14H2,1-2H3. The van der Waals surface area contributed by atoms with Crippen LogP contribution in [0.25, 0.3) is 10.9 Å². The van der Waals surface area contributed by atoms with Crippen molar-refractivity contribution in [3.63, 3.8) is 0 Å². The van der Waals surface area contributed by atoms with Gasteiger partial charge in [-0.25, -0.2) is 0 Å². The normalized spacial score (nSPS) is 11.2. The molecule has 0 aliphatic heterocycles. The van der Waals surface area contributed by atoms with Crippen LogP contribution in [-0.2, 0) is 13.5 Å². The lowest BCUT2D eigenvalue weighted by Gasteiger charge is -2.03. The SMILES string of the molecule is Cc1c(CCN)n(C)c2cc(Cl)ccc12. The summed E-state index contributed by atoms with van der Waals surface area (Å²) in [4.78, 5) is 0. The van der Waals surface area contributed by atoms with Crippen molar-refractivity contribution in [3.05, 3.63) is 34.5 Å². The minimum absolute atomic E-state index is 0.679. The summed E-state index contributed by atoms with van der Waals surface area (Å²) in [7, 11) is 2.07. The highest BCUT2D eigenvalue weighted by Gasteiger charge is 2.10. The quantitative estimate of drug-likeness (QED) is 0.832. The van der Waals surface area contributed by atoms with E-state index in [1.165, 1.54) is 22.2 Å². The van der Waals surface area contributed by atoms with E-state index in [-0.39, 0.29) is 0 Å². The van der Waals surface area contributed by atoms with Crippen molar-refractivity contribution in [2.75, 3.05) is 6.54 Å². The summed E-state index contributed by atoms with van der Waals surface area (Å²) >= 11 is 5.99. The van der Waals surface area contributed by atoms with Crippen molar-refractivity contribution in [2.45, 2.75) is 13.3 Å². The molecule has 1 aromatic heterocycles. The molecule has 0 saturated carbocycles. The van der Waals surface area contributed by atoms with Crippen LogP contribution < -0.4 is 5.73 Å². The van der Waals surface area contributed by atoms with E-state index in [1.807, 2.05) is 12.1 Å². The monoisotopic (exact) mass is 222 g/mol. The van der Waals surface area contributed by atoms with E-state index in [1.54, 1.807) is 0 Å². The lowest BCUT2D eigenvalue weighted by molar-refractivity contribution is 0.819. The number of aryl methyl sites for hydroxylation is 2. The van der Waals surface area contributed by atoms with Gasteiger partial charge in [-0.15, -0.1) is 0 Å². The Balaban J connectivity index is 2.73. The summed E-state index contributed by atoms with van der Waals surface area (Å²) in [5.74, 6) is 0. The lowest BCUT2D eigenvalue weighted by Crippen LogP contribution is -2.07. The summed E-state index contributed by atoms with van der Waals surface area (Å²) < 4.78 is 2.18. The molecule has 0 spiro atoms. The molecule has 0 aliphatic rings. The van der Waals surface area contributed by atoms with Gasteiger partial charge in [0.25, 0.3) is 0 Å². The van der Waals surface area contributed by atoms with Crippen LogP contribution in [-0.4, -0.2) is 11.1 Å². The van der Waals surface area contributed by atoms with Gasteiger partial charge in [-0.05, 0) is 31.2 Å². The first-order valence-electron chi connectivity index (χ1n) is 5.08. The van der Waals surface area contributed by atoms with E-state index in [4.69, 9.17) is 17.3 Å². The number of fused-ring (bicyclic) bond motifs is 1. The van der Waals surface area contributed by atoms with Gasteiger partial charge in [-0.3, -0.25) is 0 Å². The maximum Gasteiger partial charge on any atom is 0.0497 e. The van der Waals surface area contributed by atoms with Crippen LogP contribution in [0.15, 0.2) is 18.2 Å². The van der Waals surface area contributed by atoms with Crippen molar-refractivity contribution < 1.29 is 0 Å². The molecular formula is C12H15ClN2. The highest BCUT2D eigenvalue weighted by molar-refractivity contribution is 6.31. The molecule has 0 amide bonds. The molecule has 80 valence electrons. The van der Waals surface area contributed by atoms with Gasteiger partial charge >= 0.3 is 0 Å². The van der Waals surface area contributed by atoms with Gasteiger partial charge in [0.1, 0.15) is 0 Å². The molecule has 0 bridgehead atoms. The van der Waals surface area contributed by atoms with E-state index in [2.05, 4.69) is 24.6 Å². The average Bonchev–Trinajstić information content (AvgIpc) is 2.44. The number of benzene rings is 1. The third-order valence-electron chi connectivity index (χ3n) is 2.94. The predicted octanol–water partition coefficient (Wildman–Crippen LogP) is 2.64. The van der Waals surface area contributed by atoms with Crippen LogP contribution in [0.3, 0.4) is 0 Å². The number of halogens is 1. The van der Waals surface area contributed by atoms with Crippen LogP contribution in [0.1, 0.15) is 11.3 Å². The predicted molar refractivity (Wildman–Crippen MR) is 65.4 cm³/mol. The van der Waals surface area contributed by atoms with E-state index in [0.717, 1.165) is 11.4 Å². The van der Waals surface area contributed by atoms with Crippen LogP contribution in [0.5, 0.6) is 0 Å². The molecule has 1 aromatic carbocycles. The number of aromatic nitrogens is 1. The zero-order valence-corrected chi connectivity index (χ0v) is 9.80. The van der Waals surface area contributed by atoms with Crippen LogP contribution in [0, 0.1) is 6.92 Å². The zero-order chi connectivity index (χ0) is 11.0. The van der Waals surface area contributed by atoms with Crippen LogP contribution in [0.4, 0.5) is 0 Å². The lowest BCUT2D eigenvalue weighted by atomic mass is 10.1.